The van der Waals surface area contributed by atoms with Crippen molar-refractivity contribution in [2.75, 3.05) is 26.7 Å². The summed E-state index contributed by atoms with van der Waals surface area (Å²) in [6, 6.07) is 15.5. The number of nitrogens with zero attached hydrogens (tertiary/aromatic N) is 3. The van der Waals surface area contributed by atoms with E-state index in [1.807, 2.05) is 53.3 Å². The second kappa shape index (κ2) is 10.2. The Bertz CT molecular complexity index is 1480. The zero-order valence-corrected chi connectivity index (χ0v) is 21.7. The van der Waals surface area contributed by atoms with Gasteiger partial charge in [0.25, 0.3) is 11.8 Å². The van der Waals surface area contributed by atoms with E-state index in [1.54, 1.807) is 28.2 Å². The van der Waals surface area contributed by atoms with Gasteiger partial charge in [0.15, 0.2) is 0 Å². The summed E-state index contributed by atoms with van der Waals surface area (Å²) >= 11 is 1.56. The van der Waals surface area contributed by atoms with Crippen LogP contribution in [0.4, 0.5) is 13.2 Å². The van der Waals surface area contributed by atoms with Crippen LogP contribution in [0.15, 0.2) is 66.0 Å². The Morgan fingerprint density at radius 3 is 2.45 bits per heavy atom. The molecule has 1 fully saturated rings. The van der Waals surface area contributed by atoms with Crippen LogP contribution in [0.2, 0.25) is 0 Å². The molecule has 1 aliphatic heterocycles. The SMILES string of the molecule is COc1ccccc1Cn1c(C(=O)N2CCN(C(=O)c3ccc(C(F)(F)F)cc3)C(C)C2)cc2ccsc21. The lowest BCUT2D eigenvalue weighted by Crippen LogP contribution is -2.55. The number of para-hydroxylation sites is 1. The molecular weight excluding hydrogens is 515 g/mol. The van der Waals surface area contributed by atoms with Crippen LogP contribution in [0.1, 0.15) is 38.9 Å². The molecule has 0 radical (unpaired) electrons. The zero-order valence-electron chi connectivity index (χ0n) is 20.9. The van der Waals surface area contributed by atoms with Crippen molar-refractivity contribution in [1.29, 1.82) is 0 Å². The molecule has 38 heavy (non-hydrogen) atoms. The van der Waals surface area contributed by atoms with Crippen LogP contribution in [0.5, 0.6) is 5.75 Å². The van der Waals surface area contributed by atoms with Crippen molar-refractivity contribution in [3.05, 3.63) is 88.4 Å². The monoisotopic (exact) mass is 541 g/mol. The number of carbonyl (C=O) groups is 2. The molecule has 2 aromatic heterocycles. The van der Waals surface area contributed by atoms with Crippen LogP contribution >= 0.6 is 11.3 Å². The second-order valence-corrected chi connectivity index (χ2v) is 10.2. The molecule has 6 nitrogen and oxygen atoms in total. The average Bonchev–Trinajstić information content (AvgIpc) is 3.50. The summed E-state index contributed by atoms with van der Waals surface area (Å²) in [4.78, 5) is 31.1. The highest BCUT2D eigenvalue weighted by molar-refractivity contribution is 7.16. The molecule has 198 valence electrons. The summed E-state index contributed by atoms with van der Waals surface area (Å²) in [7, 11) is 1.62. The van der Waals surface area contributed by atoms with Gasteiger partial charge in [-0.25, -0.2) is 0 Å². The van der Waals surface area contributed by atoms with Crippen molar-refractivity contribution in [2.24, 2.45) is 0 Å². The number of fused-ring (bicyclic) bond motifs is 1. The van der Waals surface area contributed by atoms with E-state index in [2.05, 4.69) is 0 Å². The fraction of sp³-hybridized carbons (Fsp3) is 0.286. The normalized spacial score (nSPS) is 16.2. The molecular formula is C28H26F3N3O3S. The molecule has 0 spiro atoms. The van der Waals surface area contributed by atoms with Gasteiger partial charge in [-0.2, -0.15) is 13.2 Å². The molecule has 2 amide bonds. The standard InChI is InChI=1S/C28H26F3N3O3S/c1-18-16-32(12-13-33(18)25(35)19-7-9-22(10-8-19)28(29,30)31)26(36)23-15-20-11-14-38-27(20)34(23)17-21-5-3-4-6-24(21)37-2/h3-11,14-15,18H,12-13,16-17H2,1-2H3. The number of ether oxygens (including phenoxy) is 1. The maximum Gasteiger partial charge on any atom is 0.416 e. The molecule has 0 N–H and O–H groups in total. The van der Waals surface area contributed by atoms with Crippen molar-refractivity contribution >= 4 is 33.4 Å². The quantitative estimate of drug-likeness (QED) is 0.323. The second-order valence-electron chi connectivity index (χ2n) is 9.28. The van der Waals surface area contributed by atoms with Gasteiger partial charge in [-0.05, 0) is 54.8 Å². The molecule has 2 aromatic carbocycles. The fourth-order valence-electron chi connectivity index (χ4n) is 4.89. The third kappa shape index (κ3) is 4.88. The average molecular weight is 542 g/mol. The molecule has 0 bridgehead atoms. The van der Waals surface area contributed by atoms with Crippen molar-refractivity contribution in [1.82, 2.24) is 14.4 Å². The molecule has 3 heterocycles. The lowest BCUT2D eigenvalue weighted by atomic mass is 10.1. The lowest BCUT2D eigenvalue weighted by Gasteiger charge is -2.40. The van der Waals surface area contributed by atoms with Gasteiger partial charge >= 0.3 is 6.18 Å². The highest BCUT2D eigenvalue weighted by Gasteiger charge is 2.34. The number of thiophene rings is 1. The Morgan fingerprint density at radius 2 is 1.76 bits per heavy atom. The van der Waals surface area contributed by atoms with E-state index < -0.39 is 11.7 Å². The summed E-state index contributed by atoms with van der Waals surface area (Å²) in [5.74, 6) is 0.267. The molecule has 1 aliphatic rings. The van der Waals surface area contributed by atoms with Gasteiger partial charge in [-0.1, -0.05) is 18.2 Å². The number of carbonyl (C=O) groups excluding carboxylic acids is 2. The van der Waals surface area contributed by atoms with E-state index in [-0.39, 0.29) is 30.0 Å². The first kappa shape index (κ1) is 25.8. The van der Waals surface area contributed by atoms with Crippen molar-refractivity contribution < 1.29 is 27.5 Å². The predicted molar refractivity (Wildman–Crippen MR) is 140 cm³/mol. The third-order valence-electron chi connectivity index (χ3n) is 6.88. The van der Waals surface area contributed by atoms with Gasteiger partial charge in [0, 0.05) is 42.2 Å². The number of alkyl halides is 3. The summed E-state index contributed by atoms with van der Waals surface area (Å²) in [5, 5.41) is 2.98. The topological polar surface area (TPSA) is 54.8 Å². The van der Waals surface area contributed by atoms with Gasteiger partial charge < -0.3 is 19.1 Å². The molecule has 0 saturated carbocycles. The van der Waals surface area contributed by atoms with E-state index in [0.29, 0.717) is 25.3 Å². The summed E-state index contributed by atoms with van der Waals surface area (Å²) in [6.45, 7) is 3.24. The lowest BCUT2D eigenvalue weighted by molar-refractivity contribution is -0.137. The molecule has 10 heteroatoms. The highest BCUT2D eigenvalue weighted by Crippen LogP contribution is 2.31. The maximum atomic E-state index is 13.7. The van der Waals surface area contributed by atoms with Gasteiger partial charge in [0.2, 0.25) is 0 Å². The molecule has 1 unspecified atom stereocenters. The zero-order chi connectivity index (χ0) is 27.0. The molecule has 1 atom stereocenters. The Morgan fingerprint density at radius 1 is 1.03 bits per heavy atom. The largest absolute Gasteiger partial charge is 0.496 e. The van der Waals surface area contributed by atoms with Gasteiger partial charge in [0.1, 0.15) is 16.3 Å². The highest BCUT2D eigenvalue weighted by atomic mass is 32.1. The van der Waals surface area contributed by atoms with Gasteiger partial charge in [0.05, 0.1) is 19.2 Å². The number of amides is 2. The van der Waals surface area contributed by atoms with E-state index in [4.69, 9.17) is 4.74 Å². The minimum Gasteiger partial charge on any atom is -0.496 e. The number of hydrogen-bond donors (Lipinski definition) is 0. The Balaban J connectivity index is 1.34. The van der Waals surface area contributed by atoms with E-state index in [1.165, 1.54) is 12.1 Å². The number of methoxy groups -OCH3 is 1. The Labute approximate surface area is 221 Å². The summed E-state index contributed by atoms with van der Waals surface area (Å²) in [6.07, 6.45) is -4.46. The third-order valence-corrected chi connectivity index (χ3v) is 7.83. The van der Waals surface area contributed by atoms with Crippen molar-refractivity contribution in [3.63, 3.8) is 0 Å². The van der Waals surface area contributed by atoms with E-state index in [0.717, 1.165) is 33.7 Å². The molecule has 5 rings (SSSR count). The van der Waals surface area contributed by atoms with Gasteiger partial charge in [-0.3, -0.25) is 9.59 Å². The minimum absolute atomic E-state index is 0.128. The Kier molecular flexibility index (Phi) is 6.92. The van der Waals surface area contributed by atoms with E-state index in [9.17, 15) is 22.8 Å². The molecule has 0 aliphatic carbocycles. The Hall–Kier alpha value is -3.79. The van der Waals surface area contributed by atoms with Crippen LogP contribution in [-0.4, -0.2) is 59.0 Å². The first-order valence-corrected chi connectivity index (χ1v) is 13.0. The van der Waals surface area contributed by atoms with Gasteiger partial charge in [-0.15, -0.1) is 11.3 Å². The smallest absolute Gasteiger partial charge is 0.416 e. The minimum atomic E-state index is -4.46. The molecule has 1 saturated heterocycles. The maximum absolute atomic E-state index is 13.7. The number of aromatic nitrogens is 1. The fourth-order valence-corrected chi connectivity index (χ4v) is 5.78. The van der Waals surface area contributed by atoms with Crippen LogP contribution in [0, 0.1) is 0 Å². The number of halogens is 3. The van der Waals surface area contributed by atoms with E-state index >= 15 is 0 Å². The number of piperazine rings is 1. The summed E-state index contributed by atoms with van der Waals surface area (Å²) < 4.78 is 46.2. The predicted octanol–water partition coefficient (Wildman–Crippen LogP) is 5.77. The van der Waals surface area contributed by atoms with Crippen molar-refractivity contribution in [3.8, 4) is 5.75 Å². The van der Waals surface area contributed by atoms with Crippen LogP contribution in [0.25, 0.3) is 10.2 Å². The van der Waals surface area contributed by atoms with Crippen molar-refractivity contribution in [2.45, 2.75) is 25.7 Å². The first-order valence-electron chi connectivity index (χ1n) is 12.1. The number of hydrogen-bond acceptors (Lipinski definition) is 4. The first-order chi connectivity index (χ1) is 18.2. The molecule has 4 aromatic rings. The summed E-state index contributed by atoms with van der Waals surface area (Å²) in [5.41, 5.74) is 0.909. The number of benzene rings is 2. The van der Waals surface area contributed by atoms with Crippen LogP contribution in [0.3, 0.4) is 0 Å². The van der Waals surface area contributed by atoms with Crippen LogP contribution < -0.4 is 4.74 Å². The number of rotatable bonds is 5. The van der Waals surface area contributed by atoms with Crippen LogP contribution in [-0.2, 0) is 12.7 Å².